The van der Waals surface area contributed by atoms with E-state index in [-0.39, 0.29) is 29.8 Å². The number of nitrogens with one attached hydrogen (secondary N) is 1. The smallest absolute Gasteiger partial charge is 0.310 e. The quantitative estimate of drug-likeness (QED) is 0.561. The van der Waals surface area contributed by atoms with Crippen molar-refractivity contribution >= 4 is 11.8 Å². The van der Waals surface area contributed by atoms with Gasteiger partial charge in [-0.3, -0.25) is 14.9 Å². The average Bonchev–Trinajstić information content (AvgIpc) is 2.50. The molecule has 4 heteroatoms. The van der Waals surface area contributed by atoms with E-state index in [1.807, 2.05) is 0 Å². The Morgan fingerprint density at radius 1 is 1.69 bits per heavy atom. The molecule has 1 N–H and O–H groups in total. The molecule has 0 unspecified atom stereocenters. The molecule has 0 aromatic carbocycles. The first-order chi connectivity index (χ1) is 6.22. The van der Waals surface area contributed by atoms with Gasteiger partial charge in [-0.1, -0.05) is 6.08 Å². The number of fused-ring (bicyclic) bond motifs is 2. The van der Waals surface area contributed by atoms with Gasteiger partial charge in [-0.2, -0.15) is 0 Å². The zero-order valence-corrected chi connectivity index (χ0v) is 7.32. The van der Waals surface area contributed by atoms with E-state index in [0.717, 1.165) is 0 Å². The topological polar surface area (TPSA) is 55.4 Å². The monoisotopic (exact) mass is 181 g/mol. The second-order valence-corrected chi connectivity index (χ2v) is 3.37. The van der Waals surface area contributed by atoms with Crippen LogP contribution in [0.25, 0.3) is 0 Å². The van der Waals surface area contributed by atoms with Gasteiger partial charge in [-0.05, 0) is 12.5 Å². The fourth-order valence-corrected chi connectivity index (χ4v) is 1.91. The van der Waals surface area contributed by atoms with Crippen LogP contribution in [-0.2, 0) is 14.3 Å². The Labute approximate surface area is 75.9 Å². The Hall–Kier alpha value is -1.16. The number of carbonyl (C=O) groups is 2. The normalized spacial score (nSPS) is 36.4. The van der Waals surface area contributed by atoms with Gasteiger partial charge in [0.1, 0.15) is 0 Å². The number of carbonyl (C=O) groups excluding carboxylic acids is 2. The minimum atomic E-state index is -0.237. The van der Waals surface area contributed by atoms with Crippen molar-refractivity contribution in [3.63, 3.8) is 0 Å². The van der Waals surface area contributed by atoms with Gasteiger partial charge in [-0.15, -0.1) is 0 Å². The van der Waals surface area contributed by atoms with Crippen LogP contribution < -0.4 is 5.32 Å². The highest BCUT2D eigenvalue weighted by Crippen LogP contribution is 2.26. The van der Waals surface area contributed by atoms with E-state index in [0.29, 0.717) is 6.42 Å². The summed E-state index contributed by atoms with van der Waals surface area (Å²) in [5.74, 6) is -0.375. The molecule has 0 saturated carbocycles. The highest BCUT2D eigenvalue weighted by atomic mass is 16.5. The fraction of sp³-hybridized carbons (Fsp3) is 0.556. The lowest BCUT2D eigenvalue weighted by Gasteiger charge is -2.15. The van der Waals surface area contributed by atoms with Crippen molar-refractivity contribution in [3.8, 4) is 0 Å². The van der Waals surface area contributed by atoms with Gasteiger partial charge in [-0.25, -0.2) is 0 Å². The third kappa shape index (κ3) is 1.27. The van der Waals surface area contributed by atoms with E-state index in [9.17, 15) is 9.59 Å². The number of esters is 1. The number of hydrogen-bond donors (Lipinski definition) is 1. The van der Waals surface area contributed by atoms with Crippen LogP contribution in [0.15, 0.2) is 12.2 Å². The van der Waals surface area contributed by atoms with Crippen LogP contribution in [0.3, 0.4) is 0 Å². The molecule has 2 heterocycles. The van der Waals surface area contributed by atoms with Crippen molar-refractivity contribution in [1.82, 2.24) is 5.32 Å². The first kappa shape index (κ1) is 8.44. The zero-order chi connectivity index (χ0) is 9.42. The molecule has 2 aliphatic heterocycles. The molecule has 1 fully saturated rings. The molecule has 0 aliphatic carbocycles. The maximum atomic E-state index is 11.3. The largest absolute Gasteiger partial charge is 0.469 e. The molecule has 13 heavy (non-hydrogen) atoms. The van der Waals surface area contributed by atoms with E-state index < -0.39 is 0 Å². The lowest BCUT2D eigenvalue weighted by atomic mass is 10.0. The maximum absolute atomic E-state index is 11.3. The summed E-state index contributed by atoms with van der Waals surface area (Å²) in [7, 11) is 1.37. The van der Waals surface area contributed by atoms with Crippen LogP contribution in [-0.4, -0.2) is 30.9 Å². The minimum Gasteiger partial charge on any atom is -0.469 e. The van der Waals surface area contributed by atoms with Crippen LogP contribution in [0.1, 0.15) is 6.42 Å². The molecule has 0 aromatic rings. The summed E-state index contributed by atoms with van der Waals surface area (Å²) in [6, 6.07) is -0.200. The third-order valence-electron chi connectivity index (χ3n) is 2.63. The summed E-state index contributed by atoms with van der Waals surface area (Å²) in [6.07, 6.45) is 3.85. The van der Waals surface area contributed by atoms with Crippen molar-refractivity contribution < 1.29 is 14.3 Å². The van der Waals surface area contributed by atoms with Crippen molar-refractivity contribution in [1.29, 1.82) is 0 Å². The summed E-state index contributed by atoms with van der Waals surface area (Å²) < 4.78 is 4.65. The molecule has 2 bridgehead atoms. The van der Waals surface area contributed by atoms with E-state index in [4.69, 9.17) is 0 Å². The average molecular weight is 181 g/mol. The summed E-state index contributed by atoms with van der Waals surface area (Å²) in [6.45, 7) is 0. The Morgan fingerprint density at radius 2 is 2.46 bits per heavy atom. The second-order valence-electron chi connectivity index (χ2n) is 3.37. The summed E-state index contributed by atoms with van der Waals surface area (Å²) in [5.41, 5.74) is 0. The lowest BCUT2D eigenvalue weighted by molar-refractivity contribution is -0.145. The van der Waals surface area contributed by atoms with E-state index in [1.165, 1.54) is 7.11 Å². The Bertz CT molecular complexity index is 285. The van der Waals surface area contributed by atoms with Gasteiger partial charge < -0.3 is 4.74 Å². The van der Waals surface area contributed by atoms with Crippen LogP contribution >= 0.6 is 0 Å². The van der Waals surface area contributed by atoms with Crippen LogP contribution in [0.5, 0.6) is 0 Å². The van der Waals surface area contributed by atoms with Crippen LogP contribution in [0.4, 0.5) is 0 Å². The molecule has 2 aliphatic rings. The molecule has 3 atom stereocenters. The highest BCUT2D eigenvalue weighted by molar-refractivity contribution is 5.97. The Morgan fingerprint density at radius 3 is 3.08 bits per heavy atom. The summed E-state index contributed by atoms with van der Waals surface area (Å²) >= 11 is 0. The summed E-state index contributed by atoms with van der Waals surface area (Å²) in [5, 5.41) is 3.07. The summed E-state index contributed by atoms with van der Waals surface area (Å²) in [4.78, 5) is 22.5. The first-order valence-electron chi connectivity index (χ1n) is 4.28. The van der Waals surface area contributed by atoms with Gasteiger partial charge >= 0.3 is 5.97 Å². The van der Waals surface area contributed by atoms with Gasteiger partial charge in [0, 0.05) is 6.04 Å². The third-order valence-corrected chi connectivity index (χ3v) is 2.63. The predicted octanol–water partition coefficient (Wildman–Crippen LogP) is -0.355. The Kier molecular flexibility index (Phi) is 1.92. The molecule has 0 aromatic heterocycles. The van der Waals surface area contributed by atoms with Gasteiger partial charge in [0.2, 0.25) is 0 Å². The van der Waals surface area contributed by atoms with Crippen molar-refractivity contribution in [2.75, 3.05) is 7.11 Å². The zero-order valence-electron chi connectivity index (χ0n) is 7.32. The van der Waals surface area contributed by atoms with Crippen molar-refractivity contribution in [3.05, 3.63) is 12.2 Å². The molecule has 0 radical (unpaired) electrons. The molecular formula is C9H11NO3. The second kappa shape index (κ2) is 2.96. The molecule has 0 amide bonds. The number of ketones is 1. The predicted molar refractivity (Wildman–Crippen MR) is 45.0 cm³/mol. The Balaban J connectivity index is 2.17. The molecule has 4 nitrogen and oxygen atoms in total. The van der Waals surface area contributed by atoms with Gasteiger partial charge in [0.25, 0.3) is 0 Å². The number of rotatable bonds is 1. The highest BCUT2D eigenvalue weighted by Gasteiger charge is 2.42. The number of hydrogen-bond acceptors (Lipinski definition) is 4. The van der Waals surface area contributed by atoms with Crippen LogP contribution in [0.2, 0.25) is 0 Å². The number of ether oxygens (including phenoxy) is 1. The fourth-order valence-electron chi connectivity index (χ4n) is 1.91. The minimum absolute atomic E-state index is 0.0184. The van der Waals surface area contributed by atoms with Gasteiger partial charge in [0.05, 0.1) is 19.1 Å². The lowest BCUT2D eigenvalue weighted by Crippen LogP contribution is -2.38. The molecular weight excluding hydrogens is 170 g/mol. The van der Waals surface area contributed by atoms with E-state index in [1.54, 1.807) is 12.2 Å². The molecule has 0 spiro atoms. The molecule has 2 rings (SSSR count). The van der Waals surface area contributed by atoms with Crippen LogP contribution in [0, 0.1) is 5.92 Å². The number of methoxy groups -OCH3 is 1. The van der Waals surface area contributed by atoms with E-state index in [2.05, 4.69) is 10.1 Å². The van der Waals surface area contributed by atoms with Crippen molar-refractivity contribution in [2.24, 2.45) is 5.92 Å². The first-order valence-corrected chi connectivity index (χ1v) is 4.28. The van der Waals surface area contributed by atoms with Crippen molar-refractivity contribution in [2.45, 2.75) is 18.5 Å². The molecule has 1 saturated heterocycles. The van der Waals surface area contributed by atoms with E-state index >= 15 is 0 Å². The van der Waals surface area contributed by atoms with Gasteiger partial charge in [0.15, 0.2) is 5.78 Å². The SMILES string of the molecule is COC(=O)[C@H]1C[C@@H]2N[C@H]1C=CC2=O. The maximum Gasteiger partial charge on any atom is 0.310 e. The standard InChI is InChI=1S/C9H11NO3/c1-13-9(12)5-4-7-8(11)3-2-6(5)10-7/h2-3,5-7,10H,4H2,1H3/t5-,6-,7-/m0/s1. The molecule has 70 valence electrons.